The van der Waals surface area contributed by atoms with Gasteiger partial charge >= 0.3 is 0 Å². The molecule has 0 saturated heterocycles. The van der Waals surface area contributed by atoms with Crippen molar-refractivity contribution in [1.82, 2.24) is 0 Å². The van der Waals surface area contributed by atoms with Gasteiger partial charge in [0.05, 0.1) is 5.69 Å². The van der Waals surface area contributed by atoms with Crippen LogP contribution in [0, 0.1) is 0 Å². The molecule has 2 rings (SSSR count). The Hall–Kier alpha value is -1.78. The van der Waals surface area contributed by atoms with Gasteiger partial charge in [-0.1, -0.05) is 36.4 Å². The SMILES string of the molecule is NC1(N)C=CC=CC1/N=N/c1ccccc1. The second kappa shape index (κ2) is 4.38. The standard InChI is InChI=1S/C12H14N4/c13-12(14)9-5-4-8-11(12)16-15-10-6-2-1-3-7-10/h1-9,11H,13-14H2/b16-15+. The molecule has 0 fully saturated rings. The number of hydrogen-bond donors (Lipinski definition) is 2. The van der Waals surface area contributed by atoms with Crippen LogP contribution in [0.25, 0.3) is 0 Å². The average molecular weight is 214 g/mol. The van der Waals surface area contributed by atoms with Crippen molar-refractivity contribution in [3.05, 3.63) is 54.6 Å². The van der Waals surface area contributed by atoms with Gasteiger partial charge in [0.1, 0.15) is 11.7 Å². The van der Waals surface area contributed by atoms with Crippen molar-refractivity contribution in [2.75, 3.05) is 0 Å². The van der Waals surface area contributed by atoms with E-state index in [0.717, 1.165) is 5.69 Å². The molecule has 4 heteroatoms. The van der Waals surface area contributed by atoms with Gasteiger partial charge in [0, 0.05) is 0 Å². The molecular formula is C12H14N4. The molecule has 1 atom stereocenters. The molecule has 0 heterocycles. The van der Waals surface area contributed by atoms with E-state index >= 15 is 0 Å². The Kier molecular flexibility index (Phi) is 2.94. The molecule has 1 unspecified atom stereocenters. The van der Waals surface area contributed by atoms with Crippen molar-refractivity contribution in [3.63, 3.8) is 0 Å². The number of nitrogens with two attached hydrogens (primary N) is 2. The zero-order chi connectivity index (χ0) is 11.4. The Morgan fingerprint density at radius 1 is 1.06 bits per heavy atom. The molecule has 0 radical (unpaired) electrons. The van der Waals surface area contributed by atoms with Gasteiger partial charge in [-0.25, -0.2) is 0 Å². The van der Waals surface area contributed by atoms with Crippen LogP contribution in [0.1, 0.15) is 0 Å². The van der Waals surface area contributed by atoms with Gasteiger partial charge in [0.2, 0.25) is 0 Å². The first-order valence-electron chi connectivity index (χ1n) is 5.08. The van der Waals surface area contributed by atoms with E-state index < -0.39 is 5.66 Å². The maximum Gasteiger partial charge on any atom is 0.124 e. The van der Waals surface area contributed by atoms with E-state index in [1.807, 2.05) is 48.6 Å². The Morgan fingerprint density at radius 3 is 2.50 bits per heavy atom. The topological polar surface area (TPSA) is 76.8 Å². The van der Waals surface area contributed by atoms with Crippen LogP contribution >= 0.6 is 0 Å². The van der Waals surface area contributed by atoms with Crippen LogP contribution in [0.5, 0.6) is 0 Å². The molecular weight excluding hydrogens is 200 g/mol. The van der Waals surface area contributed by atoms with E-state index in [9.17, 15) is 0 Å². The number of azo groups is 1. The molecule has 0 bridgehead atoms. The lowest BCUT2D eigenvalue weighted by Crippen LogP contribution is -2.56. The minimum absolute atomic E-state index is 0.322. The van der Waals surface area contributed by atoms with Crippen molar-refractivity contribution in [2.24, 2.45) is 21.7 Å². The van der Waals surface area contributed by atoms with E-state index in [4.69, 9.17) is 11.5 Å². The number of nitrogens with zero attached hydrogens (tertiary/aromatic N) is 2. The second-order valence-electron chi connectivity index (χ2n) is 3.74. The molecule has 4 N–H and O–H groups in total. The Balaban J connectivity index is 2.13. The molecule has 1 aromatic carbocycles. The molecule has 1 aromatic rings. The molecule has 1 aliphatic carbocycles. The summed E-state index contributed by atoms with van der Waals surface area (Å²) in [7, 11) is 0. The fraction of sp³-hybridized carbons (Fsp3) is 0.167. The van der Waals surface area contributed by atoms with Crippen molar-refractivity contribution in [2.45, 2.75) is 11.7 Å². The van der Waals surface area contributed by atoms with Crippen LogP contribution in [0.4, 0.5) is 5.69 Å². The van der Waals surface area contributed by atoms with Gasteiger partial charge in [-0.2, -0.15) is 10.2 Å². The van der Waals surface area contributed by atoms with Gasteiger partial charge in [-0.3, -0.25) is 0 Å². The van der Waals surface area contributed by atoms with E-state index in [1.165, 1.54) is 0 Å². The first-order chi connectivity index (χ1) is 7.68. The fourth-order valence-corrected chi connectivity index (χ4v) is 1.42. The van der Waals surface area contributed by atoms with Gasteiger partial charge in [0.25, 0.3) is 0 Å². The minimum Gasteiger partial charge on any atom is -0.308 e. The fourth-order valence-electron chi connectivity index (χ4n) is 1.42. The summed E-state index contributed by atoms with van der Waals surface area (Å²) in [5.74, 6) is 0. The summed E-state index contributed by atoms with van der Waals surface area (Å²) in [6.45, 7) is 0. The van der Waals surface area contributed by atoms with Gasteiger partial charge < -0.3 is 11.5 Å². The first kappa shape index (κ1) is 10.7. The summed E-state index contributed by atoms with van der Waals surface area (Å²) in [6, 6.07) is 9.17. The lowest BCUT2D eigenvalue weighted by Gasteiger charge is -2.26. The molecule has 16 heavy (non-hydrogen) atoms. The molecule has 0 spiro atoms. The van der Waals surface area contributed by atoms with E-state index in [-0.39, 0.29) is 6.04 Å². The number of hydrogen-bond acceptors (Lipinski definition) is 4. The third-order valence-electron chi connectivity index (χ3n) is 2.36. The van der Waals surface area contributed by atoms with Crippen LogP contribution in [-0.4, -0.2) is 11.7 Å². The quantitative estimate of drug-likeness (QED) is 0.582. The number of allylic oxidation sites excluding steroid dienone is 2. The summed E-state index contributed by atoms with van der Waals surface area (Å²) < 4.78 is 0. The van der Waals surface area contributed by atoms with Crippen LogP contribution in [-0.2, 0) is 0 Å². The average Bonchev–Trinajstić information content (AvgIpc) is 2.28. The number of rotatable bonds is 2. The van der Waals surface area contributed by atoms with Crippen LogP contribution < -0.4 is 11.5 Å². The molecule has 4 nitrogen and oxygen atoms in total. The smallest absolute Gasteiger partial charge is 0.124 e. The maximum atomic E-state index is 5.87. The highest BCUT2D eigenvalue weighted by Gasteiger charge is 2.27. The monoisotopic (exact) mass is 214 g/mol. The third-order valence-corrected chi connectivity index (χ3v) is 2.36. The molecule has 0 aliphatic heterocycles. The zero-order valence-electron chi connectivity index (χ0n) is 8.82. The second-order valence-corrected chi connectivity index (χ2v) is 3.74. The lowest BCUT2D eigenvalue weighted by atomic mass is 9.98. The summed E-state index contributed by atoms with van der Waals surface area (Å²) in [6.07, 6.45) is 7.25. The highest BCUT2D eigenvalue weighted by molar-refractivity contribution is 5.35. The lowest BCUT2D eigenvalue weighted by molar-refractivity contribution is 0.478. The normalized spacial score (nSPS) is 22.8. The number of benzene rings is 1. The predicted octanol–water partition coefficient (Wildman–Crippen LogP) is 1.88. The van der Waals surface area contributed by atoms with Gasteiger partial charge in [0.15, 0.2) is 0 Å². The van der Waals surface area contributed by atoms with Crippen LogP contribution in [0.15, 0.2) is 64.9 Å². The Morgan fingerprint density at radius 2 is 1.81 bits per heavy atom. The first-order valence-corrected chi connectivity index (χ1v) is 5.08. The van der Waals surface area contributed by atoms with E-state index in [1.54, 1.807) is 6.08 Å². The molecule has 0 amide bonds. The van der Waals surface area contributed by atoms with Crippen molar-refractivity contribution in [1.29, 1.82) is 0 Å². The van der Waals surface area contributed by atoms with Crippen molar-refractivity contribution >= 4 is 5.69 Å². The summed E-state index contributed by atoms with van der Waals surface area (Å²) in [5, 5.41) is 8.25. The molecule has 0 saturated carbocycles. The third kappa shape index (κ3) is 2.42. The molecule has 1 aliphatic rings. The van der Waals surface area contributed by atoms with Crippen molar-refractivity contribution < 1.29 is 0 Å². The van der Waals surface area contributed by atoms with Crippen LogP contribution in [0.3, 0.4) is 0 Å². The Bertz CT molecular complexity index is 432. The molecule has 82 valence electrons. The highest BCUT2D eigenvalue weighted by Crippen LogP contribution is 2.17. The van der Waals surface area contributed by atoms with E-state index in [2.05, 4.69) is 10.2 Å². The summed E-state index contributed by atoms with van der Waals surface area (Å²) >= 11 is 0. The van der Waals surface area contributed by atoms with Crippen molar-refractivity contribution in [3.8, 4) is 0 Å². The maximum absolute atomic E-state index is 5.87. The minimum atomic E-state index is -0.951. The van der Waals surface area contributed by atoms with Gasteiger partial charge in [-0.05, 0) is 18.2 Å². The zero-order valence-corrected chi connectivity index (χ0v) is 8.82. The largest absolute Gasteiger partial charge is 0.308 e. The summed E-state index contributed by atoms with van der Waals surface area (Å²) in [5.41, 5.74) is 11.6. The predicted molar refractivity (Wildman–Crippen MR) is 64.1 cm³/mol. The van der Waals surface area contributed by atoms with E-state index in [0.29, 0.717) is 0 Å². The highest BCUT2D eigenvalue weighted by atomic mass is 15.2. The Labute approximate surface area is 94.4 Å². The molecule has 0 aromatic heterocycles. The van der Waals surface area contributed by atoms with Gasteiger partial charge in [-0.15, -0.1) is 0 Å². The summed E-state index contributed by atoms with van der Waals surface area (Å²) in [4.78, 5) is 0. The van der Waals surface area contributed by atoms with Crippen LogP contribution in [0.2, 0.25) is 0 Å².